The average Bonchev–Trinajstić information content (AvgIpc) is 3.00. The van der Waals surface area contributed by atoms with E-state index < -0.39 is 0 Å². The van der Waals surface area contributed by atoms with Gasteiger partial charge in [-0.2, -0.15) is 0 Å². The summed E-state index contributed by atoms with van der Waals surface area (Å²) >= 11 is 1.53. The Labute approximate surface area is 151 Å². The number of carbonyl (C=O) groups is 1. The van der Waals surface area contributed by atoms with Crippen molar-refractivity contribution in [3.63, 3.8) is 0 Å². The third-order valence-corrected chi connectivity index (χ3v) is 4.80. The molecule has 128 valence electrons. The van der Waals surface area contributed by atoms with Gasteiger partial charge in [0.2, 0.25) is 5.91 Å². The molecule has 6 heteroatoms. The molecule has 1 heterocycles. The van der Waals surface area contributed by atoms with Gasteiger partial charge in [-0.15, -0.1) is 10.2 Å². The van der Waals surface area contributed by atoms with Crippen LogP contribution in [0, 0.1) is 6.92 Å². The van der Waals surface area contributed by atoms with Crippen molar-refractivity contribution in [3.05, 3.63) is 66.0 Å². The second-order valence-electron chi connectivity index (χ2n) is 5.89. The van der Waals surface area contributed by atoms with E-state index >= 15 is 0 Å². The molecular weight excluding hydrogens is 332 g/mol. The molecule has 1 N–H and O–H groups in total. The highest BCUT2D eigenvalue weighted by molar-refractivity contribution is 7.99. The SMILES string of the molecule is Cc1cccc(CCC(=O)Nc2ccc(Sc3nncn3C)cc2)c1. The van der Waals surface area contributed by atoms with Crippen LogP contribution in [-0.4, -0.2) is 20.7 Å². The zero-order valence-electron chi connectivity index (χ0n) is 14.3. The molecule has 0 atom stereocenters. The molecule has 25 heavy (non-hydrogen) atoms. The van der Waals surface area contributed by atoms with Gasteiger partial charge in [0.15, 0.2) is 5.16 Å². The molecule has 1 amide bonds. The Bertz CT molecular complexity index is 858. The highest BCUT2D eigenvalue weighted by Crippen LogP contribution is 2.26. The van der Waals surface area contributed by atoms with Gasteiger partial charge in [0, 0.05) is 24.1 Å². The van der Waals surface area contributed by atoms with Gasteiger partial charge < -0.3 is 9.88 Å². The Hall–Kier alpha value is -2.60. The van der Waals surface area contributed by atoms with Crippen LogP contribution in [0.3, 0.4) is 0 Å². The molecule has 3 rings (SSSR count). The number of nitrogens with one attached hydrogen (secondary N) is 1. The van der Waals surface area contributed by atoms with E-state index in [1.165, 1.54) is 22.9 Å². The molecule has 3 aromatic rings. The van der Waals surface area contributed by atoms with E-state index in [0.717, 1.165) is 22.2 Å². The smallest absolute Gasteiger partial charge is 0.224 e. The Balaban J connectivity index is 1.52. The lowest BCUT2D eigenvalue weighted by Crippen LogP contribution is -2.12. The molecule has 0 saturated carbocycles. The van der Waals surface area contributed by atoms with Crippen molar-refractivity contribution < 1.29 is 4.79 Å². The van der Waals surface area contributed by atoms with Gasteiger partial charge in [-0.3, -0.25) is 4.79 Å². The van der Waals surface area contributed by atoms with Crippen LogP contribution in [0.2, 0.25) is 0 Å². The van der Waals surface area contributed by atoms with Gasteiger partial charge in [0.25, 0.3) is 0 Å². The van der Waals surface area contributed by atoms with Gasteiger partial charge in [-0.05, 0) is 54.9 Å². The van der Waals surface area contributed by atoms with Crippen molar-refractivity contribution in [1.29, 1.82) is 0 Å². The van der Waals surface area contributed by atoms with Crippen LogP contribution in [-0.2, 0) is 18.3 Å². The Morgan fingerprint density at radius 2 is 2.00 bits per heavy atom. The number of benzene rings is 2. The monoisotopic (exact) mass is 352 g/mol. The molecule has 0 aliphatic heterocycles. The maximum Gasteiger partial charge on any atom is 0.224 e. The van der Waals surface area contributed by atoms with Crippen molar-refractivity contribution >= 4 is 23.4 Å². The summed E-state index contributed by atoms with van der Waals surface area (Å²) in [5, 5.41) is 11.7. The number of aryl methyl sites for hydroxylation is 3. The van der Waals surface area contributed by atoms with E-state index in [2.05, 4.69) is 40.6 Å². The molecule has 0 aliphatic rings. The van der Waals surface area contributed by atoms with Crippen molar-refractivity contribution in [3.8, 4) is 0 Å². The number of carbonyl (C=O) groups excluding carboxylic acids is 1. The normalized spacial score (nSPS) is 10.6. The van der Waals surface area contributed by atoms with Crippen LogP contribution in [0.25, 0.3) is 0 Å². The summed E-state index contributed by atoms with van der Waals surface area (Å²) in [6.07, 6.45) is 2.89. The number of nitrogens with zero attached hydrogens (tertiary/aromatic N) is 3. The van der Waals surface area contributed by atoms with Crippen molar-refractivity contribution in [2.45, 2.75) is 29.8 Å². The summed E-state index contributed by atoms with van der Waals surface area (Å²) in [5.74, 6) is 0.0233. The minimum Gasteiger partial charge on any atom is -0.326 e. The van der Waals surface area contributed by atoms with Crippen LogP contribution in [0.15, 0.2) is 64.9 Å². The number of aromatic nitrogens is 3. The van der Waals surface area contributed by atoms with Gasteiger partial charge in [0.1, 0.15) is 6.33 Å². The number of hydrogen-bond acceptors (Lipinski definition) is 4. The van der Waals surface area contributed by atoms with E-state index in [4.69, 9.17) is 0 Å². The highest BCUT2D eigenvalue weighted by Gasteiger charge is 2.06. The molecule has 0 radical (unpaired) electrons. The summed E-state index contributed by atoms with van der Waals surface area (Å²) < 4.78 is 1.87. The summed E-state index contributed by atoms with van der Waals surface area (Å²) in [7, 11) is 1.91. The molecule has 0 aliphatic carbocycles. The number of rotatable bonds is 6. The van der Waals surface area contributed by atoms with E-state index in [-0.39, 0.29) is 5.91 Å². The van der Waals surface area contributed by atoms with E-state index in [1.807, 2.05) is 41.9 Å². The summed E-state index contributed by atoms with van der Waals surface area (Å²) in [5.41, 5.74) is 3.20. The molecule has 5 nitrogen and oxygen atoms in total. The molecule has 0 bridgehead atoms. The first-order valence-electron chi connectivity index (χ1n) is 8.07. The number of hydrogen-bond donors (Lipinski definition) is 1. The lowest BCUT2D eigenvalue weighted by molar-refractivity contribution is -0.116. The van der Waals surface area contributed by atoms with Crippen molar-refractivity contribution in [1.82, 2.24) is 14.8 Å². The second-order valence-corrected chi connectivity index (χ2v) is 6.93. The number of amides is 1. The van der Waals surface area contributed by atoms with Crippen molar-refractivity contribution in [2.24, 2.45) is 7.05 Å². The third-order valence-electron chi connectivity index (χ3n) is 3.74. The summed E-state index contributed by atoms with van der Waals surface area (Å²) in [6.45, 7) is 2.06. The van der Waals surface area contributed by atoms with Gasteiger partial charge in [0.05, 0.1) is 0 Å². The standard InChI is InChI=1S/C19H20N4OS/c1-14-4-3-5-15(12-14)6-11-18(24)21-16-7-9-17(10-8-16)25-19-22-20-13-23(19)2/h3-5,7-10,12-13H,6,11H2,1-2H3,(H,21,24). The van der Waals surface area contributed by atoms with E-state index in [9.17, 15) is 4.79 Å². The third kappa shape index (κ3) is 4.93. The topological polar surface area (TPSA) is 59.8 Å². The maximum atomic E-state index is 12.1. The van der Waals surface area contributed by atoms with Crippen LogP contribution in [0.4, 0.5) is 5.69 Å². The van der Waals surface area contributed by atoms with Gasteiger partial charge in [-0.25, -0.2) is 0 Å². The maximum absolute atomic E-state index is 12.1. The number of anilines is 1. The minimum atomic E-state index is 0.0233. The zero-order chi connectivity index (χ0) is 17.6. The molecule has 0 unspecified atom stereocenters. The van der Waals surface area contributed by atoms with Crippen LogP contribution in [0.5, 0.6) is 0 Å². The van der Waals surface area contributed by atoms with Gasteiger partial charge >= 0.3 is 0 Å². The Kier molecular flexibility index (Phi) is 5.50. The highest BCUT2D eigenvalue weighted by atomic mass is 32.2. The van der Waals surface area contributed by atoms with Crippen LogP contribution >= 0.6 is 11.8 Å². The summed E-state index contributed by atoms with van der Waals surface area (Å²) in [6, 6.07) is 16.0. The first-order chi connectivity index (χ1) is 12.1. The van der Waals surface area contributed by atoms with Crippen LogP contribution < -0.4 is 5.32 Å². The fourth-order valence-corrected chi connectivity index (χ4v) is 3.19. The van der Waals surface area contributed by atoms with Gasteiger partial charge in [-0.1, -0.05) is 29.8 Å². The average molecular weight is 352 g/mol. The lowest BCUT2D eigenvalue weighted by Gasteiger charge is -2.07. The first kappa shape index (κ1) is 17.2. The summed E-state index contributed by atoms with van der Waals surface area (Å²) in [4.78, 5) is 13.2. The van der Waals surface area contributed by atoms with E-state index in [0.29, 0.717) is 6.42 Å². The quantitative estimate of drug-likeness (QED) is 0.732. The zero-order valence-corrected chi connectivity index (χ0v) is 15.1. The first-order valence-corrected chi connectivity index (χ1v) is 8.89. The molecule has 2 aromatic carbocycles. The lowest BCUT2D eigenvalue weighted by atomic mass is 10.1. The fraction of sp³-hybridized carbons (Fsp3) is 0.211. The molecular formula is C19H20N4OS. The minimum absolute atomic E-state index is 0.0233. The molecule has 0 fully saturated rings. The predicted octanol–water partition coefficient (Wildman–Crippen LogP) is 3.85. The van der Waals surface area contributed by atoms with Crippen molar-refractivity contribution in [2.75, 3.05) is 5.32 Å². The predicted molar refractivity (Wildman–Crippen MR) is 99.7 cm³/mol. The fourth-order valence-electron chi connectivity index (χ4n) is 2.43. The molecule has 0 spiro atoms. The molecule has 1 aromatic heterocycles. The Morgan fingerprint density at radius 1 is 1.20 bits per heavy atom. The molecule has 0 saturated heterocycles. The van der Waals surface area contributed by atoms with Crippen LogP contribution in [0.1, 0.15) is 17.5 Å². The Morgan fingerprint density at radius 3 is 2.68 bits per heavy atom. The van der Waals surface area contributed by atoms with E-state index in [1.54, 1.807) is 6.33 Å². The second kappa shape index (κ2) is 7.98. The largest absolute Gasteiger partial charge is 0.326 e.